The van der Waals surface area contributed by atoms with Crippen molar-refractivity contribution in [1.29, 1.82) is 0 Å². The fraction of sp³-hybridized carbons (Fsp3) is 0.562. The van der Waals surface area contributed by atoms with Crippen LogP contribution in [0, 0.1) is 12.8 Å². The lowest BCUT2D eigenvalue weighted by Gasteiger charge is -2.26. The molecule has 0 heterocycles. The predicted molar refractivity (Wildman–Crippen MR) is 76.4 cm³/mol. The SMILES string of the molecule is Cc1cc(N(CCC(C)C)C2CC2)ccc1C=O. The number of rotatable bonds is 6. The Morgan fingerprint density at radius 3 is 2.61 bits per heavy atom. The zero-order valence-electron chi connectivity index (χ0n) is 11.6. The third kappa shape index (κ3) is 3.12. The van der Waals surface area contributed by atoms with E-state index in [-0.39, 0.29) is 0 Å². The monoisotopic (exact) mass is 245 g/mol. The number of anilines is 1. The molecule has 0 atom stereocenters. The molecule has 1 aliphatic rings. The molecule has 0 N–H and O–H groups in total. The van der Waals surface area contributed by atoms with Crippen molar-refractivity contribution in [3.05, 3.63) is 29.3 Å². The lowest BCUT2D eigenvalue weighted by Crippen LogP contribution is -2.27. The number of aldehydes is 1. The van der Waals surface area contributed by atoms with Crippen LogP contribution in [-0.4, -0.2) is 18.9 Å². The Morgan fingerprint density at radius 2 is 2.11 bits per heavy atom. The second kappa shape index (κ2) is 5.55. The first-order valence-electron chi connectivity index (χ1n) is 6.94. The summed E-state index contributed by atoms with van der Waals surface area (Å²) in [6.07, 6.45) is 4.79. The second-order valence-electron chi connectivity index (χ2n) is 5.77. The van der Waals surface area contributed by atoms with Crippen LogP contribution in [-0.2, 0) is 0 Å². The second-order valence-corrected chi connectivity index (χ2v) is 5.77. The van der Waals surface area contributed by atoms with Gasteiger partial charge in [0.1, 0.15) is 6.29 Å². The van der Waals surface area contributed by atoms with Crippen LogP contribution >= 0.6 is 0 Å². The summed E-state index contributed by atoms with van der Waals surface area (Å²) < 4.78 is 0. The number of hydrogen-bond acceptors (Lipinski definition) is 2. The van der Waals surface area contributed by atoms with Gasteiger partial charge in [-0.2, -0.15) is 0 Å². The van der Waals surface area contributed by atoms with Gasteiger partial charge in [-0.15, -0.1) is 0 Å². The normalized spacial score (nSPS) is 14.9. The largest absolute Gasteiger partial charge is 0.369 e. The van der Waals surface area contributed by atoms with Gasteiger partial charge in [-0.05, 0) is 55.9 Å². The smallest absolute Gasteiger partial charge is 0.150 e. The summed E-state index contributed by atoms with van der Waals surface area (Å²) in [5.41, 5.74) is 3.16. The topological polar surface area (TPSA) is 20.3 Å². The van der Waals surface area contributed by atoms with Gasteiger partial charge in [-0.3, -0.25) is 4.79 Å². The quantitative estimate of drug-likeness (QED) is 0.710. The average molecular weight is 245 g/mol. The first-order chi connectivity index (χ1) is 8.61. The fourth-order valence-corrected chi connectivity index (χ4v) is 2.28. The minimum atomic E-state index is 0.727. The van der Waals surface area contributed by atoms with E-state index in [0.717, 1.165) is 35.9 Å². The summed E-state index contributed by atoms with van der Waals surface area (Å²) in [6.45, 7) is 7.68. The van der Waals surface area contributed by atoms with E-state index >= 15 is 0 Å². The van der Waals surface area contributed by atoms with E-state index in [1.165, 1.54) is 24.9 Å². The Hall–Kier alpha value is -1.31. The van der Waals surface area contributed by atoms with E-state index in [2.05, 4.69) is 30.9 Å². The minimum absolute atomic E-state index is 0.727. The maximum Gasteiger partial charge on any atom is 0.150 e. The van der Waals surface area contributed by atoms with Crippen LogP contribution in [0.5, 0.6) is 0 Å². The molecule has 0 saturated heterocycles. The number of benzene rings is 1. The summed E-state index contributed by atoms with van der Waals surface area (Å²) in [4.78, 5) is 13.4. The van der Waals surface area contributed by atoms with E-state index in [9.17, 15) is 4.79 Å². The molecular formula is C16H23NO. The van der Waals surface area contributed by atoms with Gasteiger partial charge < -0.3 is 4.90 Å². The molecular weight excluding hydrogens is 222 g/mol. The summed E-state index contributed by atoms with van der Waals surface area (Å²) in [7, 11) is 0. The Balaban J connectivity index is 2.14. The Morgan fingerprint density at radius 1 is 1.39 bits per heavy atom. The third-order valence-electron chi connectivity index (χ3n) is 3.65. The van der Waals surface area contributed by atoms with Crippen molar-refractivity contribution in [2.45, 2.75) is 46.1 Å². The molecule has 1 aromatic rings. The summed E-state index contributed by atoms with van der Waals surface area (Å²) in [6, 6.07) is 6.92. The van der Waals surface area contributed by atoms with Crippen molar-refractivity contribution < 1.29 is 4.79 Å². The number of carbonyl (C=O) groups is 1. The lowest BCUT2D eigenvalue weighted by atomic mass is 10.1. The molecule has 0 unspecified atom stereocenters. The van der Waals surface area contributed by atoms with E-state index in [1.54, 1.807) is 0 Å². The molecule has 0 aliphatic heterocycles. The van der Waals surface area contributed by atoms with Gasteiger partial charge in [-0.1, -0.05) is 13.8 Å². The molecule has 0 bridgehead atoms. The number of carbonyl (C=O) groups excluding carboxylic acids is 1. The van der Waals surface area contributed by atoms with E-state index in [0.29, 0.717) is 0 Å². The molecule has 1 fully saturated rings. The van der Waals surface area contributed by atoms with Crippen LogP contribution in [0.25, 0.3) is 0 Å². The maximum atomic E-state index is 10.9. The van der Waals surface area contributed by atoms with Crippen molar-refractivity contribution in [2.24, 2.45) is 5.92 Å². The van der Waals surface area contributed by atoms with Gasteiger partial charge >= 0.3 is 0 Å². The predicted octanol–water partition coefficient (Wildman–Crippen LogP) is 3.82. The lowest BCUT2D eigenvalue weighted by molar-refractivity contribution is 0.112. The number of aryl methyl sites for hydroxylation is 1. The van der Waals surface area contributed by atoms with Gasteiger partial charge in [0.25, 0.3) is 0 Å². The average Bonchev–Trinajstić information content (AvgIpc) is 3.13. The highest BCUT2D eigenvalue weighted by Gasteiger charge is 2.29. The Bertz CT molecular complexity index is 421. The molecule has 0 spiro atoms. The highest BCUT2D eigenvalue weighted by atomic mass is 16.1. The summed E-state index contributed by atoms with van der Waals surface area (Å²) in [5, 5.41) is 0. The molecule has 2 nitrogen and oxygen atoms in total. The Labute approximate surface area is 110 Å². The van der Waals surface area contributed by atoms with E-state index in [1.807, 2.05) is 13.0 Å². The summed E-state index contributed by atoms with van der Waals surface area (Å²) in [5.74, 6) is 0.738. The fourth-order valence-electron chi connectivity index (χ4n) is 2.28. The number of hydrogen-bond donors (Lipinski definition) is 0. The van der Waals surface area contributed by atoms with Crippen LogP contribution < -0.4 is 4.90 Å². The third-order valence-corrected chi connectivity index (χ3v) is 3.65. The molecule has 0 aromatic heterocycles. The molecule has 18 heavy (non-hydrogen) atoms. The maximum absolute atomic E-state index is 10.9. The van der Waals surface area contributed by atoms with Crippen molar-refractivity contribution >= 4 is 12.0 Å². The Kier molecular flexibility index (Phi) is 4.05. The van der Waals surface area contributed by atoms with Crippen LogP contribution in [0.1, 0.15) is 49.0 Å². The highest BCUT2D eigenvalue weighted by molar-refractivity contribution is 5.78. The zero-order valence-corrected chi connectivity index (χ0v) is 11.6. The molecule has 1 aromatic carbocycles. The van der Waals surface area contributed by atoms with Crippen molar-refractivity contribution in [1.82, 2.24) is 0 Å². The van der Waals surface area contributed by atoms with Gasteiger partial charge in [0, 0.05) is 23.8 Å². The first-order valence-corrected chi connectivity index (χ1v) is 6.94. The molecule has 1 saturated carbocycles. The number of nitrogens with zero attached hydrogens (tertiary/aromatic N) is 1. The first kappa shape index (κ1) is 13.1. The molecule has 98 valence electrons. The van der Waals surface area contributed by atoms with Gasteiger partial charge in [0.2, 0.25) is 0 Å². The van der Waals surface area contributed by atoms with E-state index in [4.69, 9.17) is 0 Å². The minimum Gasteiger partial charge on any atom is -0.369 e. The standard InChI is InChI=1S/C16H23NO/c1-12(2)8-9-17(15-6-7-15)16-5-4-14(11-18)13(3)10-16/h4-5,10-12,15H,6-9H2,1-3H3. The van der Waals surface area contributed by atoms with Crippen molar-refractivity contribution in [2.75, 3.05) is 11.4 Å². The molecule has 1 aliphatic carbocycles. The van der Waals surface area contributed by atoms with Gasteiger partial charge in [-0.25, -0.2) is 0 Å². The van der Waals surface area contributed by atoms with Crippen LogP contribution in [0.15, 0.2) is 18.2 Å². The van der Waals surface area contributed by atoms with Crippen LogP contribution in [0.4, 0.5) is 5.69 Å². The van der Waals surface area contributed by atoms with Crippen LogP contribution in [0.2, 0.25) is 0 Å². The molecule has 0 amide bonds. The van der Waals surface area contributed by atoms with Crippen molar-refractivity contribution in [3.8, 4) is 0 Å². The zero-order chi connectivity index (χ0) is 13.1. The molecule has 2 rings (SSSR count). The molecule has 0 radical (unpaired) electrons. The van der Waals surface area contributed by atoms with E-state index < -0.39 is 0 Å². The van der Waals surface area contributed by atoms with Gasteiger partial charge in [0.05, 0.1) is 0 Å². The van der Waals surface area contributed by atoms with Gasteiger partial charge in [0.15, 0.2) is 0 Å². The highest BCUT2D eigenvalue weighted by Crippen LogP contribution is 2.32. The van der Waals surface area contributed by atoms with Crippen LogP contribution in [0.3, 0.4) is 0 Å². The molecule has 2 heteroatoms. The van der Waals surface area contributed by atoms with Crippen molar-refractivity contribution in [3.63, 3.8) is 0 Å². The summed E-state index contributed by atoms with van der Waals surface area (Å²) >= 11 is 0.